The quantitative estimate of drug-likeness (QED) is 0.672. The summed E-state index contributed by atoms with van der Waals surface area (Å²) in [5, 5.41) is 0. The molecule has 2 N–H and O–H groups in total. The van der Waals surface area contributed by atoms with Crippen LogP contribution in [0.25, 0.3) is 0 Å². The third-order valence-electron chi connectivity index (χ3n) is 2.16. The molecule has 2 aliphatic rings. The van der Waals surface area contributed by atoms with Crippen LogP contribution < -0.4 is 5.73 Å². The number of halogens is 1. The van der Waals surface area contributed by atoms with Crippen LogP contribution in [0, 0.1) is 5.92 Å². The second-order valence-corrected chi connectivity index (χ2v) is 3.99. The molecule has 0 saturated heterocycles. The lowest BCUT2D eigenvalue weighted by Gasteiger charge is -2.20. The molecule has 1 unspecified atom stereocenters. The van der Waals surface area contributed by atoms with Crippen LogP contribution in [0.5, 0.6) is 0 Å². The van der Waals surface area contributed by atoms with Crippen molar-refractivity contribution in [2.24, 2.45) is 11.7 Å². The molecule has 2 heteroatoms. The Morgan fingerprint density at radius 2 is 2.25 bits per heavy atom. The van der Waals surface area contributed by atoms with Gasteiger partial charge in [-0.3, -0.25) is 0 Å². The van der Waals surface area contributed by atoms with Crippen molar-refractivity contribution in [3.8, 4) is 0 Å². The molecule has 0 aromatic rings. The normalized spacial score (nSPS) is 27.1. The Labute approximate surface area is 80.5 Å². The molecule has 0 bridgehead atoms. The highest BCUT2D eigenvalue weighted by atomic mass is 79.9. The Morgan fingerprint density at radius 1 is 1.42 bits per heavy atom. The highest BCUT2D eigenvalue weighted by Crippen LogP contribution is 2.31. The molecular weight excluding hydrogens is 214 g/mol. The summed E-state index contributed by atoms with van der Waals surface area (Å²) in [7, 11) is 0. The fourth-order valence-corrected chi connectivity index (χ4v) is 1.97. The van der Waals surface area contributed by atoms with Crippen LogP contribution in [0.3, 0.4) is 0 Å². The van der Waals surface area contributed by atoms with E-state index in [9.17, 15) is 0 Å². The minimum atomic E-state index is 0.497. The summed E-state index contributed by atoms with van der Waals surface area (Å²) in [5.74, 6) is 0.497. The molecule has 62 valence electrons. The van der Waals surface area contributed by atoms with Crippen molar-refractivity contribution in [1.29, 1.82) is 0 Å². The van der Waals surface area contributed by atoms with Gasteiger partial charge in [0.15, 0.2) is 0 Å². The van der Waals surface area contributed by atoms with Crippen LogP contribution >= 0.6 is 15.9 Å². The lowest BCUT2D eigenvalue weighted by atomic mass is 9.87. The summed E-state index contributed by atoms with van der Waals surface area (Å²) in [6, 6.07) is 0. The SMILES string of the molecule is NC1=CC2CC=C(Br)C=C2C=C1. The van der Waals surface area contributed by atoms with Crippen molar-refractivity contribution in [2.45, 2.75) is 6.42 Å². The van der Waals surface area contributed by atoms with E-state index in [0.29, 0.717) is 5.92 Å². The molecule has 0 amide bonds. The first-order chi connectivity index (χ1) is 5.75. The maximum absolute atomic E-state index is 5.69. The highest BCUT2D eigenvalue weighted by Gasteiger charge is 2.15. The van der Waals surface area contributed by atoms with Gasteiger partial charge in [0, 0.05) is 16.1 Å². The Kier molecular flexibility index (Phi) is 1.93. The molecule has 0 fully saturated rings. The van der Waals surface area contributed by atoms with Gasteiger partial charge < -0.3 is 5.73 Å². The van der Waals surface area contributed by atoms with Crippen LogP contribution in [-0.4, -0.2) is 0 Å². The topological polar surface area (TPSA) is 26.0 Å². The molecule has 0 heterocycles. The third kappa shape index (κ3) is 1.39. The predicted octanol–water partition coefficient (Wildman–Crippen LogP) is 2.62. The van der Waals surface area contributed by atoms with Gasteiger partial charge in [0.05, 0.1) is 0 Å². The van der Waals surface area contributed by atoms with Gasteiger partial charge in [0.1, 0.15) is 0 Å². The summed E-state index contributed by atoms with van der Waals surface area (Å²) >= 11 is 3.46. The standard InChI is InChI=1S/C10H10BrN/c11-9-3-1-8-6-10(12)4-2-7(8)5-9/h2-6,8H,1,12H2. The molecule has 0 aromatic carbocycles. The monoisotopic (exact) mass is 223 g/mol. The number of hydrogen-bond acceptors (Lipinski definition) is 1. The van der Waals surface area contributed by atoms with Gasteiger partial charge in [-0.2, -0.15) is 0 Å². The van der Waals surface area contributed by atoms with Crippen molar-refractivity contribution in [2.75, 3.05) is 0 Å². The van der Waals surface area contributed by atoms with E-state index in [4.69, 9.17) is 5.73 Å². The van der Waals surface area contributed by atoms with Gasteiger partial charge in [-0.05, 0) is 24.1 Å². The van der Waals surface area contributed by atoms with Crippen molar-refractivity contribution in [3.63, 3.8) is 0 Å². The number of nitrogens with two attached hydrogens (primary N) is 1. The lowest BCUT2D eigenvalue weighted by molar-refractivity contribution is 0.770. The molecular formula is C10H10BrN. The molecule has 0 saturated carbocycles. The molecule has 12 heavy (non-hydrogen) atoms. The van der Waals surface area contributed by atoms with E-state index >= 15 is 0 Å². The van der Waals surface area contributed by atoms with Crippen molar-refractivity contribution < 1.29 is 0 Å². The minimum absolute atomic E-state index is 0.497. The summed E-state index contributed by atoms with van der Waals surface area (Å²) in [6.07, 6.45) is 11.5. The Balaban J connectivity index is 2.33. The van der Waals surface area contributed by atoms with Crippen LogP contribution in [-0.2, 0) is 0 Å². The van der Waals surface area contributed by atoms with Crippen LogP contribution in [0.2, 0.25) is 0 Å². The summed E-state index contributed by atoms with van der Waals surface area (Å²) in [5.41, 5.74) is 7.92. The highest BCUT2D eigenvalue weighted by molar-refractivity contribution is 9.11. The molecule has 2 aliphatic carbocycles. The molecule has 0 spiro atoms. The number of hydrogen-bond donors (Lipinski definition) is 1. The first-order valence-electron chi connectivity index (χ1n) is 3.98. The molecule has 1 nitrogen and oxygen atoms in total. The second-order valence-electron chi connectivity index (χ2n) is 3.08. The van der Waals surface area contributed by atoms with Crippen molar-refractivity contribution in [3.05, 3.63) is 46.1 Å². The molecule has 0 radical (unpaired) electrons. The first kappa shape index (κ1) is 7.87. The predicted molar refractivity (Wildman–Crippen MR) is 54.6 cm³/mol. The molecule has 0 aromatic heterocycles. The Hall–Kier alpha value is -0.760. The summed E-state index contributed by atoms with van der Waals surface area (Å²) < 4.78 is 1.17. The maximum Gasteiger partial charge on any atom is 0.0279 e. The van der Waals surface area contributed by atoms with Crippen LogP contribution in [0.4, 0.5) is 0 Å². The smallest absolute Gasteiger partial charge is 0.0279 e. The van der Waals surface area contributed by atoms with Gasteiger partial charge >= 0.3 is 0 Å². The van der Waals surface area contributed by atoms with Gasteiger partial charge in [-0.25, -0.2) is 0 Å². The van der Waals surface area contributed by atoms with E-state index in [0.717, 1.165) is 12.1 Å². The van der Waals surface area contributed by atoms with E-state index in [1.807, 2.05) is 6.08 Å². The zero-order valence-corrected chi connectivity index (χ0v) is 8.21. The van der Waals surface area contributed by atoms with E-state index in [-0.39, 0.29) is 0 Å². The zero-order chi connectivity index (χ0) is 8.55. The zero-order valence-electron chi connectivity index (χ0n) is 6.63. The van der Waals surface area contributed by atoms with E-state index < -0.39 is 0 Å². The average Bonchev–Trinajstić information content (AvgIpc) is 2.05. The first-order valence-corrected chi connectivity index (χ1v) is 4.77. The number of rotatable bonds is 0. The van der Waals surface area contributed by atoms with Gasteiger partial charge in [0.25, 0.3) is 0 Å². The molecule has 2 rings (SSSR count). The van der Waals surface area contributed by atoms with E-state index in [1.165, 1.54) is 10.1 Å². The van der Waals surface area contributed by atoms with Crippen molar-refractivity contribution >= 4 is 15.9 Å². The minimum Gasteiger partial charge on any atom is -0.399 e. The maximum atomic E-state index is 5.69. The van der Waals surface area contributed by atoms with E-state index in [1.54, 1.807) is 0 Å². The largest absolute Gasteiger partial charge is 0.399 e. The fraction of sp³-hybridized carbons (Fsp3) is 0.200. The fourth-order valence-electron chi connectivity index (χ4n) is 1.52. The average molecular weight is 224 g/mol. The molecule has 0 aliphatic heterocycles. The Bertz CT molecular complexity index is 321. The van der Waals surface area contributed by atoms with Gasteiger partial charge in [-0.15, -0.1) is 0 Å². The number of fused-ring (bicyclic) bond motifs is 1. The number of allylic oxidation sites excluding steroid dienone is 7. The van der Waals surface area contributed by atoms with Crippen LogP contribution in [0.15, 0.2) is 46.1 Å². The van der Waals surface area contributed by atoms with Gasteiger partial charge in [-0.1, -0.05) is 34.2 Å². The summed E-state index contributed by atoms with van der Waals surface area (Å²) in [4.78, 5) is 0. The Morgan fingerprint density at radius 3 is 3.08 bits per heavy atom. The van der Waals surface area contributed by atoms with E-state index in [2.05, 4.69) is 40.2 Å². The second kappa shape index (κ2) is 2.94. The van der Waals surface area contributed by atoms with Crippen molar-refractivity contribution in [1.82, 2.24) is 0 Å². The lowest BCUT2D eigenvalue weighted by Crippen LogP contribution is -2.09. The molecule has 1 atom stereocenters. The summed E-state index contributed by atoms with van der Waals surface area (Å²) in [6.45, 7) is 0. The third-order valence-corrected chi connectivity index (χ3v) is 2.71. The van der Waals surface area contributed by atoms with Gasteiger partial charge in [0.2, 0.25) is 0 Å². The van der Waals surface area contributed by atoms with Crippen LogP contribution in [0.1, 0.15) is 6.42 Å².